The van der Waals surface area contributed by atoms with E-state index >= 15 is 0 Å². The topological polar surface area (TPSA) is 64.6 Å². The van der Waals surface area contributed by atoms with Crippen LogP contribution in [0.1, 0.15) is 42.3 Å². The van der Waals surface area contributed by atoms with E-state index in [9.17, 15) is 9.59 Å². The standard InChI is InChI=1S/C21H25NO4/c1-13(2)25-21(24)16(5)26-18-9-7-17(8-10-18)20(23)22-19-11-6-14(3)12-15(19)4/h6-13,16H,1-5H3,(H,22,23)/t16-/m1/s1. The zero-order valence-corrected chi connectivity index (χ0v) is 15.8. The largest absolute Gasteiger partial charge is 0.479 e. The Bertz CT molecular complexity index is 781. The molecule has 0 aromatic heterocycles. The molecule has 2 rings (SSSR count). The van der Waals surface area contributed by atoms with Crippen molar-refractivity contribution >= 4 is 17.6 Å². The highest BCUT2D eigenvalue weighted by molar-refractivity contribution is 6.04. The van der Waals surface area contributed by atoms with E-state index in [0.717, 1.165) is 16.8 Å². The highest BCUT2D eigenvalue weighted by atomic mass is 16.6. The van der Waals surface area contributed by atoms with Gasteiger partial charge >= 0.3 is 5.97 Å². The van der Waals surface area contributed by atoms with Gasteiger partial charge in [-0.1, -0.05) is 17.7 Å². The predicted octanol–water partition coefficient (Wildman–Crippen LogP) is 4.27. The fraction of sp³-hybridized carbons (Fsp3) is 0.333. The minimum absolute atomic E-state index is 0.190. The Morgan fingerprint density at radius 1 is 0.962 bits per heavy atom. The van der Waals surface area contributed by atoms with E-state index in [1.54, 1.807) is 45.0 Å². The zero-order chi connectivity index (χ0) is 19.3. The molecule has 1 N–H and O–H groups in total. The molecule has 2 aromatic carbocycles. The molecule has 0 bridgehead atoms. The first-order valence-electron chi connectivity index (χ1n) is 8.62. The first-order chi connectivity index (χ1) is 12.3. The van der Waals surface area contributed by atoms with Crippen molar-refractivity contribution in [2.24, 2.45) is 0 Å². The molecule has 5 heteroatoms. The lowest BCUT2D eigenvalue weighted by atomic mass is 10.1. The van der Waals surface area contributed by atoms with Crippen LogP contribution in [0.4, 0.5) is 5.69 Å². The second kappa shape index (κ2) is 8.52. The molecule has 138 valence electrons. The number of nitrogens with one attached hydrogen (secondary N) is 1. The molecule has 1 amide bonds. The number of rotatable bonds is 6. The lowest BCUT2D eigenvalue weighted by Crippen LogP contribution is -2.28. The molecule has 0 saturated heterocycles. The van der Waals surface area contributed by atoms with Crippen molar-refractivity contribution in [3.8, 4) is 5.75 Å². The number of ether oxygens (including phenoxy) is 2. The molecule has 26 heavy (non-hydrogen) atoms. The molecule has 0 fully saturated rings. The van der Waals surface area contributed by atoms with E-state index in [-0.39, 0.29) is 12.0 Å². The monoisotopic (exact) mass is 355 g/mol. The highest BCUT2D eigenvalue weighted by Crippen LogP contribution is 2.19. The van der Waals surface area contributed by atoms with E-state index < -0.39 is 12.1 Å². The van der Waals surface area contributed by atoms with Gasteiger partial charge in [-0.2, -0.15) is 0 Å². The fourth-order valence-corrected chi connectivity index (χ4v) is 2.41. The van der Waals surface area contributed by atoms with Crippen LogP contribution in [0, 0.1) is 13.8 Å². The summed E-state index contributed by atoms with van der Waals surface area (Å²) < 4.78 is 10.7. The van der Waals surface area contributed by atoms with Gasteiger partial charge in [0.1, 0.15) is 5.75 Å². The summed E-state index contributed by atoms with van der Waals surface area (Å²) in [5, 5.41) is 2.90. The van der Waals surface area contributed by atoms with Crippen molar-refractivity contribution in [3.05, 3.63) is 59.2 Å². The summed E-state index contributed by atoms with van der Waals surface area (Å²) in [4.78, 5) is 24.2. The van der Waals surface area contributed by atoms with Gasteiger partial charge in [-0.3, -0.25) is 4.79 Å². The summed E-state index contributed by atoms with van der Waals surface area (Å²) in [6, 6.07) is 12.5. The molecule has 0 saturated carbocycles. The van der Waals surface area contributed by atoms with Crippen LogP contribution in [-0.4, -0.2) is 24.1 Å². The lowest BCUT2D eigenvalue weighted by molar-refractivity contribution is -0.154. The van der Waals surface area contributed by atoms with Gasteiger partial charge in [-0.05, 0) is 70.5 Å². The first kappa shape index (κ1) is 19.5. The number of esters is 1. The molecule has 5 nitrogen and oxygen atoms in total. The Kier molecular flexibility index (Phi) is 6.39. The lowest BCUT2D eigenvalue weighted by Gasteiger charge is -2.16. The van der Waals surface area contributed by atoms with Crippen LogP contribution in [0.3, 0.4) is 0 Å². The maximum Gasteiger partial charge on any atom is 0.347 e. The maximum absolute atomic E-state index is 12.4. The van der Waals surface area contributed by atoms with Crippen molar-refractivity contribution in [2.75, 3.05) is 5.32 Å². The van der Waals surface area contributed by atoms with E-state index in [1.807, 2.05) is 32.0 Å². The second-order valence-electron chi connectivity index (χ2n) is 6.54. The van der Waals surface area contributed by atoms with E-state index in [1.165, 1.54) is 0 Å². The Morgan fingerprint density at radius 3 is 2.19 bits per heavy atom. The van der Waals surface area contributed by atoms with Crippen LogP contribution < -0.4 is 10.1 Å². The molecule has 0 aliphatic heterocycles. The van der Waals surface area contributed by atoms with Gasteiger partial charge < -0.3 is 14.8 Å². The zero-order valence-electron chi connectivity index (χ0n) is 15.8. The molecule has 2 aromatic rings. The molecule has 1 atom stereocenters. The third-order valence-electron chi connectivity index (χ3n) is 3.74. The van der Waals surface area contributed by atoms with Crippen LogP contribution >= 0.6 is 0 Å². The van der Waals surface area contributed by atoms with Gasteiger partial charge in [0.05, 0.1) is 6.10 Å². The van der Waals surface area contributed by atoms with Crippen LogP contribution in [0.5, 0.6) is 5.75 Å². The second-order valence-corrected chi connectivity index (χ2v) is 6.54. The number of anilines is 1. The smallest absolute Gasteiger partial charge is 0.347 e. The number of aryl methyl sites for hydroxylation is 2. The van der Waals surface area contributed by atoms with Crippen molar-refractivity contribution in [1.29, 1.82) is 0 Å². The van der Waals surface area contributed by atoms with Gasteiger partial charge in [0.25, 0.3) is 5.91 Å². The Hall–Kier alpha value is -2.82. The average Bonchev–Trinajstić information content (AvgIpc) is 2.57. The Balaban J connectivity index is 2.00. The molecular weight excluding hydrogens is 330 g/mol. The minimum Gasteiger partial charge on any atom is -0.479 e. The van der Waals surface area contributed by atoms with Crippen molar-refractivity contribution in [3.63, 3.8) is 0 Å². The number of hydrogen-bond acceptors (Lipinski definition) is 4. The van der Waals surface area contributed by atoms with Crippen LogP contribution in [0.25, 0.3) is 0 Å². The summed E-state index contributed by atoms with van der Waals surface area (Å²) in [6.45, 7) is 9.17. The molecular formula is C21H25NO4. The van der Waals surface area contributed by atoms with Crippen LogP contribution in [0.2, 0.25) is 0 Å². The van der Waals surface area contributed by atoms with Crippen LogP contribution in [0.15, 0.2) is 42.5 Å². The molecule has 0 aliphatic rings. The van der Waals surface area contributed by atoms with Gasteiger partial charge in [0.2, 0.25) is 0 Å². The summed E-state index contributed by atoms with van der Waals surface area (Å²) in [6.07, 6.45) is -0.905. The number of hydrogen-bond donors (Lipinski definition) is 1. The third kappa shape index (κ3) is 5.34. The summed E-state index contributed by atoms with van der Waals surface area (Å²) in [5.74, 6) is -0.117. The van der Waals surface area contributed by atoms with Gasteiger partial charge in [0.15, 0.2) is 6.10 Å². The number of benzene rings is 2. The molecule has 0 radical (unpaired) electrons. The molecule has 0 unspecified atom stereocenters. The summed E-state index contributed by atoms with van der Waals surface area (Å²) >= 11 is 0. The normalized spacial score (nSPS) is 11.8. The van der Waals surface area contributed by atoms with Gasteiger partial charge in [-0.25, -0.2) is 4.79 Å². The average molecular weight is 355 g/mol. The van der Waals surface area contributed by atoms with Crippen LogP contribution in [-0.2, 0) is 9.53 Å². The predicted molar refractivity (Wildman–Crippen MR) is 102 cm³/mol. The number of amides is 1. The number of carbonyl (C=O) groups is 2. The Labute approximate surface area is 154 Å². The summed E-state index contributed by atoms with van der Waals surface area (Å²) in [7, 11) is 0. The quantitative estimate of drug-likeness (QED) is 0.786. The molecule has 0 spiro atoms. The van der Waals surface area contributed by atoms with E-state index in [0.29, 0.717) is 11.3 Å². The highest BCUT2D eigenvalue weighted by Gasteiger charge is 2.17. The molecule has 0 aliphatic carbocycles. The molecule has 0 heterocycles. The van der Waals surface area contributed by atoms with Gasteiger partial charge in [0, 0.05) is 11.3 Å². The van der Waals surface area contributed by atoms with Gasteiger partial charge in [-0.15, -0.1) is 0 Å². The Morgan fingerprint density at radius 2 is 1.62 bits per heavy atom. The summed E-state index contributed by atoms with van der Waals surface area (Å²) in [5.41, 5.74) is 3.45. The maximum atomic E-state index is 12.4. The van der Waals surface area contributed by atoms with Crippen molar-refractivity contribution in [2.45, 2.75) is 46.8 Å². The minimum atomic E-state index is -0.715. The first-order valence-corrected chi connectivity index (χ1v) is 8.62. The van der Waals surface area contributed by atoms with E-state index in [4.69, 9.17) is 9.47 Å². The number of carbonyl (C=O) groups excluding carboxylic acids is 2. The van der Waals surface area contributed by atoms with Crippen molar-refractivity contribution in [1.82, 2.24) is 0 Å². The van der Waals surface area contributed by atoms with E-state index in [2.05, 4.69) is 5.32 Å². The fourth-order valence-electron chi connectivity index (χ4n) is 2.41. The third-order valence-corrected chi connectivity index (χ3v) is 3.74. The SMILES string of the molecule is Cc1ccc(NC(=O)c2ccc(O[C@H](C)C(=O)OC(C)C)cc2)c(C)c1. The van der Waals surface area contributed by atoms with Crippen molar-refractivity contribution < 1.29 is 19.1 Å².